The number of thioether (sulfide) groups is 2. The highest BCUT2D eigenvalue weighted by Gasteiger charge is 2.51. The summed E-state index contributed by atoms with van der Waals surface area (Å²) in [4.78, 5) is 55.4. The van der Waals surface area contributed by atoms with Crippen LogP contribution in [0.3, 0.4) is 0 Å². The second-order valence-corrected chi connectivity index (χ2v) is 13.3. The zero-order chi connectivity index (χ0) is 31.6. The number of nitrogens with one attached hydrogen (secondary N) is 2. The minimum absolute atomic E-state index is 0.452. The number of rotatable bonds is 8. The summed E-state index contributed by atoms with van der Waals surface area (Å²) in [7, 11) is -4.86. The van der Waals surface area contributed by atoms with Crippen molar-refractivity contribution in [3.63, 3.8) is 0 Å². The average molecular weight is 667 g/mol. The number of para-hydroxylation sites is 2. The molecule has 0 radical (unpaired) electrons. The Labute approximate surface area is 267 Å². The van der Waals surface area contributed by atoms with Crippen LogP contribution in [-0.2, 0) is 29.3 Å². The van der Waals surface area contributed by atoms with Crippen LogP contribution in [0.2, 0.25) is 0 Å². The van der Waals surface area contributed by atoms with Crippen LogP contribution in [-0.4, -0.2) is 68.2 Å². The van der Waals surface area contributed by atoms with Crippen LogP contribution >= 0.6 is 23.5 Å². The van der Waals surface area contributed by atoms with E-state index in [0.717, 1.165) is 0 Å². The van der Waals surface area contributed by atoms with Gasteiger partial charge < -0.3 is 9.47 Å². The first-order valence-corrected chi connectivity index (χ1v) is 17.3. The topological polar surface area (TPSA) is 151 Å². The molecule has 232 valence electrons. The predicted octanol–water partition coefficient (Wildman–Crippen LogP) is 3.63. The van der Waals surface area contributed by atoms with E-state index in [0.29, 0.717) is 34.0 Å². The Morgan fingerprint density at radius 2 is 1.09 bits per heavy atom. The summed E-state index contributed by atoms with van der Waals surface area (Å²) < 4.78 is 40.8. The number of cyclic esters (lactones) is 2. The van der Waals surface area contributed by atoms with Gasteiger partial charge in [-0.1, -0.05) is 60.7 Å². The molecule has 2 saturated heterocycles. The van der Waals surface area contributed by atoms with E-state index >= 15 is 0 Å². The zero-order valence-corrected chi connectivity index (χ0v) is 25.8. The molecule has 6 rings (SSSR count). The summed E-state index contributed by atoms with van der Waals surface area (Å²) in [6.07, 6.45) is 2.30. The number of benzene rings is 2. The van der Waals surface area contributed by atoms with Gasteiger partial charge in [-0.05, 0) is 46.2 Å². The lowest BCUT2D eigenvalue weighted by Crippen LogP contribution is -2.54. The van der Waals surface area contributed by atoms with Gasteiger partial charge in [-0.15, -0.1) is 23.5 Å². The van der Waals surface area contributed by atoms with Crippen molar-refractivity contribution in [2.24, 2.45) is 0 Å². The Bertz CT molecular complexity index is 1620. The number of nitrogens with zero attached hydrogens (tertiary/aromatic N) is 2. The van der Waals surface area contributed by atoms with E-state index in [9.17, 15) is 27.6 Å². The van der Waals surface area contributed by atoms with Crippen molar-refractivity contribution in [1.82, 2.24) is 9.44 Å². The Kier molecular flexibility index (Phi) is 8.74. The SMILES string of the molecule is O=C(NS(=O)(=O)NC(=O)C1OC(=O)N(c2ccccc2)C1C1=CCSC=C1)C1OC(=O)N(c2ccccc2)C1C1=CCSC=C1. The van der Waals surface area contributed by atoms with E-state index in [1.807, 2.05) is 21.6 Å². The molecule has 15 heteroatoms. The molecule has 0 bridgehead atoms. The molecule has 4 heterocycles. The third-order valence-corrected chi connectivity index (χ3v) is 9.58. The Hall–Kier alpha value is -4.47. The van der Waals surface area contributed by atoms with Crippen LogP contribution in [0.15, 0.2) is 107 Å². The summed E-state index contributed by atoms with van der Waals surface area (Å²) >= 11 is 3.02. The molecule has 2 aromatic rings. The summed E-state index contributed by atoms with van der Waals surface area (Å²) in [5, 5.41) is 3.61. The summed E-state index contributed by atoms with van der Waals surface area (Å²) in [5.41, 5.74) is 2.07. The number of hydrogen-bond acceptors (Lipinski definition) is 10. The van der Waals surface area contributed by atoms with Crippen molar-refractivity contribution in [1.29, 1.82) is 0 Å². The fraction of sp³-hybridized carbons (Fsp3) is 0.200. The van der Waals surface area contributed by atoms with E-state index < -0.39 is 58.5 Å². The molecule has 0 aromatic heterocycles. The second kappa shape index (κ2) is 12.9. The molecule has 0 saturated carbocycles. The monoisotopic (exact) mass is 666 g/mol. The maximum absolute atomic E-state index is 13.4. The quantitative estimate of drug-likeness (QED) is 0.428. The van der Waals surface area contributed by atoms with Gasteiger partial charge in [0.1, 0.15) is 12.1 Å². The molecule has 45 heavy (non-hydrogen) atoms. The van der Waals surface area contributed by atoms with E-state index in [4.69, 9.17) is 9.47 Å². The fourth-order valence-electron chi connectivity index (χ4n) is 5.34. The maximum atomic E-state index is 13.4. The summed E-state index contributed by atoms with van der Waals surface area (Å²) in [6.45, 7) is 0. The van der Waals surface area contributed by atoms with E-state index in [2.05, 4.69) is 0 Å². The number of carbonyl (C=O) groups is 4. The lowest BCUT2D eigenvalue weighted by atomic mass is 9.99. The van der Waals surface area contributed by atoms with Crippen LogP contribution in [0.25, 0.3) is 0 Å². The number of ether oxygens (including phenoxy) is 2. The molecular weight excluding hydrogens is 641 g/mol. The standard InChI is InChI=1S/C30H26N4O8S3/c35-27(25-23(19-11-15-43-16-12-19)33(29(37)41-25)21-7-3-1-4-8-21)31-45(39,40)32-28(36)26-24(20-13-17-44-18-14-20)34(30(38)42-26)22-9-5-2-6-10-22/h1-15,17,23-26H,16,18H2,(H,31,35)(H,32,36). The van der Waals surface area contributed by atoms with Gasteiger partial charge >= 0.3 is 22.4 Å². The molecule has 4 atom stereocenters. The van der Waals surface area contributed by atoms with E-state index in [1.165, 1.54) is 33.3 Å². The molecule has 0 aliphatic carbocycles. The molecule has 2 N–H and O–H groups in total. The third kappa shape index (κ3) is 6.36. The molecule has 2 aromatic carbocycles. The highest BCUT2D eigenvalue weighted by molar-refractivity contribution is 8.02. The predicted molar refractivity (Wildman–Crippen MR) is 171 cm³/mol. The number of amides is 4. The highest BCUT2D eigenvalue weighted by Crippen LogP contribution is 2.35. The van der Waals surface area contributed by atoms with Crippen molar-refractivity contribution in [2.45, 2.75) is 24.3 Å². The number of hydrogen-bond donors (Lipinski definition) is 2. The van der Waals surface area contributed by atoms with Gasteiger partial charge in [0.05, 0.1) is 0 Å². The lowest BCUT2D eigenvalue weighted by Gasteiger charge is -2.27. The van der Waals surface area contributed by atoms with Gasteiger partial charge in [0.15, 0.2) is 0 Å². The minimum atomic E-state index is -4.86. The summed E-state index contributed by atoms with van der Waals surface area (Å²) in [5.74, 6) is -1.18. The molecule has 2 fully saturated rings. The number of anilines is 2. The van der Waals surface area contributed by atoms with Crippen LogP contribution in [0.1, 0.15) is 0 Å². The molecule has 4 unspecified atom stereocenters. The zero-order valence-electron chi connectivity index (χ0n) is 23.3. The van der Waals surface area contributed by atoms with Gasteiger partial charge in [0.2, 0.25) is 12.2 Å². The van der Waals surface area contributed by atoms with Crippen LogP contribution in [0.4, 0.5) is 21.0 Å². The van der Waals surface area contributed by atoms with Crippen LogP contribution in [0.5, 0.6) is 0 Å². The van der Waals surface area contributed by atoms with Crippen molar-refractivity contribution in [3.8, 4) is 0 Å². The van der Waals surface area contributed by atoms with Crippen molar-refractivity contribution in [2.75, 3.05) is 21.3 Å². The summed E-state index contributed by atoms with van der Waals surface area (Å²) in [6, 6.07) is 15.1. The Balaban J connectivity index is 1.23. The van der Waals surface area contributed by atoms with Gasteiger partial charge in [-0.3, -0.25) is 19.4 Å². The Morgan fingerprint density at radius 3 is 1.44 bits per heavy atom. The van der Waals surface area contributed by atoms with Gasteiger partial charge in [0.25, 0.3) is 11.8 Å². The molecule has 4 amide bonds. The maximum Gasteiger partial charge on any atom is 0.415 e. The first-order chi connectivity index (χ1) is 21.7. The van der Waals surface area contributed by atoms with E-state index in [-0.39, 0.29) is 0 Å². The Morgan fingerprint density at radius 1 is 0.689 bits per heavy atom. The lowest BCUT2D eigenvalue weighted by molar-refractivity contribution is -0.126. The fourth-order valence-corrected chi connectivity index (χ4v) is 7.46. The molecule has 4 aliphatic heterocycles. The van der Waals surface area contributed by atoms with Crippen LogP contribution < -0.4 is 19.2 Å². The average Bonchev–Trinajstić information content (AvgIpc) is 3.59. The van der Waals surface area contributed by atoms with Crippen LogP contribution in [0, 0.1) is 0 Å². The first-order valence-electron chi connectivity index (χ1n) is 13.7. The second-order valence-electron chi connectivity index (χ2n) is 10.0. The van der Waals surface area contributed by atoms with Crippen molar-refractivity contribution in [3.05, 3.63) is 107 Å². The smallest absolute Gasteiger partial charge is 0.415 e. The largest absolute Gasteiger partial charge is 0.433 e. The molecule has 4 aliphatic rings. The minimum Gasteiger partial charge on any atom is -0.433 e. The van der Waals surface area contributed by atoms with Gasteiger partial charge in [-0.2, -0.15) is 8.42 Å². The van der Waals surface area contributed by atoms with Gasteiger partial charge in [0, 0.05) is 22.9 Å². The van der Waals surface area contributed by atoms with Gasteiger partial charge in [-0.25, -0.2) is 19.0 Å². The molecule has 12 nitrogen and oxygen atoms in total. The van der Waals surface area contributed by atoms with Crippen molar-refractivity contribution < 1.29 is 37.1 Å². The first kappa shape index (κ1) is 30.6. The highest BCUT2D eigenvalue weighted by atomic mass is 32.2. The molecular formula is C30H26N4O8S3. The van der Waals surface area contributed by atoms with E-state index in [1.54, 1.807) is 83.6 Å². The van der Waals surface area contributed by atoms with Crippen molar-refractivity contribution >= 4 is 69.1 Å². The third-order valence-electron chi connectivity index (χ3n) is 7.26. The molecule has 0 spiro atoms. The number of carbonyl (C=O) groups excluding carboxylic acids is 4. The normalized spacial score (nSPS) is 24.4.